The molecule has 8 heteroatoms. The van der Waals surface area contributed by atoms with Crippen LogP contribution in [0.2, 0.25) is 0 Å². The lowest BCUT2D eigenvalue weighted by atomic mass is 9.95. The van der Waals surface area contributed by atoms with Gasteiger partial charge in [0.25, 0.3) is 5.91 Å². The van der Waals surface area contributed by atoms with Crippen molar-refractivity contribution in [2.45, 2.75) is 44.4 Å². The summed E-state index contributed by atoms with van der Waals surface area (Å²) in [6.07, 6.45) is 2.42. The summed E-state index contributed by atoms with van der Waals surface area (Å²) in [5, 5.41) is 2.63. The van der Waals surface area contributed by atoms with Gasteiger partial charge in [-0.05, 0) is 61.6 Å². The van der Waals surface area contributed by atoms with Crippen molar-refractivity contribution in [2.24, 2.45) is 0 Å². The normalized spacial score (nSPS) is 15.7. The highest BCUT2D eigenvalue weighted by atomic mass is 19.2. The summed E-state index contributed by atoms with van der Waals surface area (Å²) in [7, 11) is 1.24. The fourth-order valence-electron chi connectivity index (χ4n) is 3.23. The molecule has 1 amide bonds. The van der Waals surface area contributed by atoms with Crippen LogP contribution in [-0.2, 0) is 14.3 Å². The second-order valence-corrected chi connectivity index (χ2v) is 7.30. The van der Waals surface area contributed by atoms with Gasteiger partial charge in [0.1, 0.15) is 0 Å². The molecule has 0 heterocycles. The Labute approximate surface area is 173 Å². The van der Waals surface area contributed by atoms with Crippen LogP contribution in [0.4, 0.5) is 14.5 Å². The third kappa shape index (κ3) is 4.76. The van der Waals surface area contributed by atoms with E-state index in [1.54, 1.807) is 13.0 Å². The summed E-state index contributed by atoms with van der Waals surface area (Å²) in [4.78, 5) is 24.9. The summed E-state index contributed by atoms with van der Waals surface area (Å²) in [6.45, 7) is 1.70. The molecule has 6 nitrogen and oxygen atoms in total. The molecule has 1 aliphatic carbocycles. The highest BCUT2D eigenvalue weighted by molar-refractivity contribution is 6.01. The number of carbonyl (C=O) groups excluding carboxylic acids is 2. The molecule has 0 aliphatic heterocycles. The SMILES string of the molecule is COC(=O)[C@@H](NC(=O)c1ccc(-c2ccc(F)c(F)c2)cc1N)C(C)OC1CCC1. The van der Waals surface area contributed by atoms with E-state index < -0.39 is 35.7 Å². The van der Waals surface area contributed by atoms with E-state index in [1.807, 2.05) is 0 Å². The second kappa shape index (κ2) is 9.21. The highest BCUT2D eigenvalue weighted by Crippen LogP contribution is 2.26. The predicted molar refractivity (Wildman–Crippen MR) is 108 cm³/mol. The molecule has 0 bridgehead atoms. The van der Waals surface area contributed by atoms with Crippen LogP contribution in [0.25, 0.3) is 11.1 Å². The summed E-state index contributed by atoms with van der Waals surface area (Å²) >= 11 is 0. The molecule has 1 fully saturated rings. The molecule has 2 aromatic carbocycles. The number of anilines is 1. The lowest BCUT2D eigenvalue weighted by molar-refractivity contribution is -0.149. The van der Waals surface area contributed by atoms with E-state index in [9.17, 15) is 18.4 Å². The first-order chi connectivity index (χ1) is 14.3. The van der Waals surface area contributed by atoms with Gasteiger partial charge in [-0.3, -0.25) is 4.79 Å². The molecule has 1 aliphatic rings. The van der Waals surface area contributed by atoms with Crippen molar-refractivity contribution in [1.82, 2.24) is 5.32 Å². The van der Waals surface area contributed by atoms with Gasteiger partial charge in [0, 0.05) is 5.69 Å². The van der Waals surface area contributed by atoms with Gasteiger partial charge in [-0.1, -0.05) is 12.1 Å². The lowest BCUT2D eigenvalue weighted by Gasteiger charge is -2.32. The van der Waals surface area contributed by atoms with Crippen molar-refractivity contribution >= 4 is 17.6 Å². The quantitative estimate of drug-likeness (QED) is 0.531. The van der Waals surface area contributed by atoms with Crippen molar-refractivity contribution in [2.75, 3.05) is 12.8 Å². The number of nitrogens with two attached hydrogens (primary N) is 1. The average Bonchev–Trinajstić information content (AvgIpc) is 2.69. The molecule has 2 atom stereocenters. The first kappa shape index (κ1) is 21.7. The largest absolute Gasteiger partial charge is 0.467 e. The Balaban J connectivity index is 1.77. The van der Waals surface area contributed by atoms with E-state index in [2.05, 4.69) is 5.32 Å². The van der Waals surface area contributed by atoms with E-state index in [1.165, 1.54) is 25.3 Å². The minimum absolute atomic E-state index is 0.0736. The molecular weight excluding hydrogens is 394 g/mol. The zero-order valence-electron chi connectivity index (χ0n) is 16.8. The Hall–Kier alpha value is -3.00. The Morgan fingerprint density at radius 3 is 2.33 bits per heavy atom. The predicted octanol–water partition coefficient (Wildman–Crippen LogP) is 3.44. The van der Waals surface area contributed by atoms with Crippen molar-refractivity contribution in [3.63, 3.8) is 0 Å². The van der Waals surface area contributed by atoms with Crippen LogP contribution in [-0.4, -0.2) is 37.2 Å². The van der Waals surface area contributed by atoms with Crippen LogP contribution in [0.3, 0.4) is 0 Å². The zero-order chi connectivity index (χ0) is 21.8. The number of amides is 1. The number of ether oxygens (including phenoxy) is 2. The molecule has 1 saturated carbocycles. The molecular formula is C22H24F2N2O4. The first-order valence-electron chi connectivity index (χ1n) is 9.69. The fourth-order valence-corrected chi connectivity index (χ4v) is 3.23. The molecule has 0 spiro atoms. The van der Waals surface area contributed by atoms with Crippen LogP contribution < -0.4 is 11.1 Å². The van der Waals surface area contributed by atoms with Gasteiger partial charge in [0.15, 0.2) is 17.7 Å². The molecule has 160 valence electrons. The first-order valence-corrected chi connectivity index (χ1v) is 9.69. The number of carbonyl (C=O) groups is 2. The van der Waals surface area contributed by atoms with Crippen LogP contribution in [0, 0.1) is 11.6 Å². The maximum absolute atomic E-state index is 13.5. The van der Waals surface area contributed by atoms with Crippen molar-refractivity contribution in [1.29, 1.82) is 0 Å². The average molecular weight is 418 g/mol. The third-order valence-electron chi connectivity index (χ3n) is 5.22. The van der Waals surface area contributed by atoms with E-state index >= 15 is 0 Å². The van der Waals surface area contributed by atoms with Gasteiger partial charge < -0.3 is 20.5 Å². The molecule has 3 rings (SSSR count). The second-order valence-electron chi connectivity index (χ2n) is 7.30. The van der Waals surface area contributed by atoms with Crippen molar-refractivity contribution in [3.8, 4) is 11.1 Å². The maximum atomic E-state index is 13.5. The van der Waals surface area contributed by atoms with Gasteiger partial charge >= 0.3 is 5.97 Å². The fraction of sp³-hybridized carbons (Fsp3) is 0.364. The van der Waals surface area contributed by atoms with Crippen molar-refractivity contribution < 1.29 is 27.8 Å². The van der Waals surface area contributed by atoms with Crippen LogP contribution in [0.15, 0.2) is 36.4 Å². The Bertz CT molecular complexity index is 947. The minimum atomic E-state index is -0.992. The van der Waals surface area contributed by atoms with Gasteiger partial charge in [-0.25, -0.2) is 13.6 Å². The Morgan fingerprint density at radius 2 is 1.77 bits per heavy atom. The molecule has 30 heavy (non-hydrogen) atoms. The smallest absolute Gasteiger partial charge is 0.331 e. The maximum Gasteiger partial charge on any atom is 0.331 e. The van der Waals surface area contributed by atoms with Gasteiger partial charge in [0.2, 0.25) is 0 Å². The van der Waals surface area contributed by atoms with E-state index in [4.69, 9.17) is 15.2 Å². The van der Waals surface area contributed by atoms with Gasteiger partial charge in [-0.2, -0.15) is 0 Å². The van der Waals surface area contributed by atoms with Crippen molar-refractivity contribution in [3.05, 3.63) is 53.6 Å². The molecule has 0 radical (unpaired) electrons. The number of halogens is 2. The van der Waals surface area contributed by atoms with Crippen LogP contribution in [0.5, 0.6) is 0 Å². The van der Waals surface area contributed by atoms with E-state index in [-0.39, 0.29) is 17.4 Å². The number of benzene rings is 2. The number of hydrogen-bond donors (Lipinski definition) is 2. The number of hydrogen-bond acceptors (Lipinski definition) is 5. The zero-order valence-corrected chi connectivity index (χ0v) is 16.8. The summed E-state index contributed by atoms with van der Waals surface area (Å²) in [5.74, 6) is -3.11. The van der Waals surface area contributed by atoms with Gasteiger partial charge in [-0.15, -0.1) is 0 Å². The summed E-state index contributed by atoms with van der Waals surface area (Å²) in [5.41, 5.74) is 7.24. The van der Waals surface area contributed by atoms with Gasteiger partial charge in [0.05, 0.1) is 24.9 Å². The Kier molecular flexibility index (Phi) is 6.66. The number of esters is 1. The van der Waals surface area contributed by atoms with E-state index in [0.29, 0.717) is 11.1 Å². The highest BCUT2D eigenvalue weighted by Gasteiger charge is 2.32. The third-order valence-corrected chi connectivity index (χ3v) is 5.22. The standard InChI is InChI=1S/C22H24F2N2O4/c1-12(30-15-4-3-5-15)20(22(28)29-2)26-21(27)16-8-6-14(11-19(16)25)13-7-9-17(23)18(24)10-13/h6-12,15,20H,3-5,25H2,1-2H3,(H,26,27)/t12?,20-/m0/s1. The lowest BCUT2D eigenvalue weighted by Crippen LogP contribution is -2.50. The number of nitrogen functional groups attached to an aromatic ring is 1. The molecule has 1 unspecified atom stereocenters. The molecule has 0 saturated heterocycles. The minimum Gasteiger partial charge on any atom is -0.467 e. The summed E-state index contributed by atoms with van der Waals surface area (Å²) in [6, 6.07) is 7.02. The summed E-state index contributed by atoms with van der Waals surface area (Å²) < 4.78 is 37.3. The molecule has 2 aromatic rings. The monoisotopic (exact) mass is 418 g/mol. The number of rotatable bonds is 7. The number of methoxy groups -OCH3 is 1. The number of nitrogens with one attached hydrogen (secondary N) is 1. The van der Waals surface area contributed by atoms with E-state index in [0.717, 1.165) is 31.4 Å². The molecule has 0 aromatic heterocycles. The Morgan fingerprint density at radius 1 is 1.10 bits per heavy atom. The molecule has 3 N–H and O–H groups in total. The van der Waals surface area contributed by atoms with Crippen LogP contribution in [0.1, 0.15) is 36.5 Å². The topological polar surface area (TPSA) is 90.7 Å². The van der Waals surface area contributed by atoms with Crippen LogP contribution >= 0.6 is 0 Å².